The summed E-state index contributed by atoms with van der Waals surface area (Å²) in [6.07, 6.45) is 2.12. The van der Waals surface area contributed by atoms with Gasteiger partial charge in [0, 0.05) is 38.9 Å². The highest BCUT2D eigenvalue weighted by Crippen LogP contribution is 2.39. The van der Waals surface area contributed by atoms with Crippen molar-refractivity contribution in [1.82, 2.24) is 24.7 Å². The molecule has 2 aliphatic heterocycles. The molecular formula is C23H24F3N7O2. The molecule has 35 heavy (non-hydrogen) atoms. The van der Waals surface area contributed by atoms with Gasteiger partial charge < -0.3 is 15.0 Å². The van der Waals surface area contributed by atoms with E-state index in [2.05, 4.69) is 20.4 Å². The largest absolute Gasteiger partial charge is 0.433 e. The SMILES string of the molecule is Cc1nc(CCc2cnn(Cc3ccc(C(F)(F)F)nc3)c2)nc2c1NC(=O)[C@]1(CCOC1)N2C. The van der Waals surface area contributed by atoms with Crippen molar-refractivity contribution in [2.75, 3.05) is 30.5 Å². The molecule has 5 heterocycles. The van der Waals surface area contributed by atoms with Crippen LogP contribution in [0.2, 0.25) is 0 Å². The predicted molar refractivity (Wildman–Crippen MR) is 120 cm³/mol. The van der Waals surface area contributed by atoms with E-state index in [-0.39, 0.29) is 5.91 Å². The molecule has 3 aromatic heterocycles. The highest BCUT2D eigenvalue weighted by Gasteiger charge is 2.50. The number of hydrogen-bond donors (Lipinski definition) is 1. The molecule has 1 amide bonds. The smallest absolute Gasteiger partial charge is 0.378 e. The Hall–Kier alpha value is -3.54. The Kier molecular flexibility index (Phi) is 5.70. The number of aromatic nitrogens is 5. The molecule has 1 fully saturated rings. The molecule has 0 aromatic carbocycles. The van der Waals surface area contributed by atoms with Gasteiger partial charge in [0.05, 0.1) is 25.0 Å². The average Bonchev–Trinajstić information content (AvgIpc) is 3.48. The van der Waals surface area contributed by atoms with Gasteiger partial charge in [0.25, 0.3) is 5.91 Å². The molecule has 1 atom stereocenters. The Bertz CT molecular complexity index is 1250. The van der Waals surface area contributed by atoms with E-state index in [9.17, 15) is 18.0 Å². The van der Waals surface area contributed by atoms with Gasteiger partial charge in [-0.1, -0.05) is 6.07 Å². The number of ether oxygens (including phenoxy) is 1. The van der Waals surface area contributed by atoms with Crippen LogP contribution in [0.3, 0.4) is 0 Å². The maximum absolute atomic E-state index is 12.8. The first kappa shape index (κ1) is 23.2. The maximum atomic E-state index is 12.8. The number of nitrogens with one attached hydrogen (secondary N) is 1. The van der Waals surface area contributed by atoms with E-state index in [1.165, 1.54) is 12.3 Å². The number of pyridine rings is 1. The lowest BCUT2D eigenvalue weighted by Crippen LogP contribution is -2.59. The summed E-state index contributed by atoms with van der Waals surface area (Å²) in [7, 11) is 1.86. The minimum Gasteiger partial charge on any atom is -0.378 e. The lowest BCUT2D eigenvalue weighted by atomic mass is 9.92. The standard InChI is InChI=1S/C23H24F3N7O2/c1-14-19-20(32(2)22(21(34)31-19)7-8-35-13-22)30-18(29-14)6-4-16-10-28-33(12-16)11-15-3-5-17(27-9-15)23(24,25)26/h3,5,9-10,12H,4,6-8,11,13H2,1-2H3,(H,31,34)/t22-/m1/s1. The van der Waals surface area contributed by atoms with Crippen molar-refractivity contribution < 1.29 is 22.7 Å². The van der Waals surface area contributed by atoms with E-state index < -0.39 is 17.4 Å². The van der Waals surface area contributed by atoms with Crippen molar-refractivity contribution in [3.63, 3.8) is 0 Å². The molecule has 12 heteroatoms. The Labute approximate surface area is 199 Å². The monoisotopic (exact) mass is 487 g/mol. The number of rotatable bonds is 5. The molecule has 5 rings (SSSR count). The van der Waals surface area contributed by atoms with Crippen LogP contribution in [-0.4, -0.2) is 56.4 Å². The number of fused-ring (bicyclic) bond motifs is 1. The summed E-state index contributed by atoms with van der Waals surface area (Å²) in [5.74, 6) is 1.24. The van der Waals surface area contributed by atoms with Crippen molar-refractivity contribution in [3.05, 3.63) is 59.1 Å². The Morgan fingerprint density at radius 1 is 1.17 bits per heavy atom. The van der Waals surface area contributed by atoms with Gasteiger partial charge in [-0.2, -0.15) is 18.3 Å². The molecule has 0 aliphatic carbocycles. The average molecular weight is 487 g/mol. The van der Waals surface area contributed by atoms with Crippen LogP contribution in [0.25, 0.3) is 0 Å². The first-order chi connectivity index (χ1) is 16.7. The predicted octanol–water partition coefficient (Wildman–Crippen LogP) is 2.78. The third kappa shape index (κ3) is 4.33. The summed E-state index contributed by atoms with van der Waals surface area (Å²) in [6, 6.07) is 2.37. The van der Waals surface area contributed by atoms with Gasteiger partial charge in [-0.05, 0) is 30.5 Å². The van der Waals surface area contributed by atoms with E-state index in [4.69, 9.17) is 9.72 Å². The number of carbonyl (C=O) groups is 1. The first-order valence-corrected chi connectivity index (χ1v) is 11.2. The molecule has 0 radical (unpaired) electrons. The third-order valence-electron chi connectivity index (χ3n) is 6.52. The quantitative estimate of drug-likeness (QED) is 0.591. The van der Waals surface area contributed by atoms with E-state index in [1.807, 2.05) is 25.1 Å². The lowest BCUT2D eigenvalue weighted by Gasteiger charge is -2.41. The number of amides is 1. The number of anilines is 2. The summed E-state index contributed by atoms with van der Waals surface area (Å²) in [6.45, 7) is 3.00. The summed E-state index contributed by atoms with van der Waals surface area (Å²) in [4.78, 5) is 27.5. The van der Waals surface area contributed by atoms with Crippen molar-refractivity contribution in [2.24, 2.45) is 0 Å². The van der Waals surface area contributed by atoms with Gasteiger partial charge in [0.15, 0.2) is 5.82 Å². The molecule has 1 saturated heterocycles. The van der Waals surface area contributed by atoms with Crippen LogP contribution < -0.4 is 10.2 Å². The van der Waals surface area contributed by atoms with Crippen LogP contribution in [0, 0.1) is 6.92 Å². The van der Waals surface area contributed by atoms with Gasteiger partial charge in [-0.15, -0.1) is 0 Å². The van der Waals surface area contributed by atoms with E-state index >= 15 is 0 Å². The molecule has 0 bridgehead atoms. The number of hydrogen-bond acceptors (Lipinski definition) is 7. The zero-order chi connectivity index (χ0) is 24.8. The minimum absolute atomic E-state index is 0.0971. The van der Waals surface area contributed by atoms with E-state index in [0.717, 1.165) is 11.6 Å². The fraction of sp³-hybridized carbons (Fsp3) is 0.435. The molecule has 0 saturated carbocycles. The number of nitrogens with zero attached hydrogens (tertiary/aromatic N) is 6. The van der Waals surface area contributed by atoms with Crippen molar-refractivity contribution >= 4 is 17.4 Å². The summed E-state index contributed by atoms with van der Waals surface area (Å²) in [5.41, 5.74) is 1.22. The zero-order valence-corrected chi connectivity index (χ0v) is 19.3. The molecule has 9 nitrogen and oxygen atoms in total. The Morgan fingerprint density at radius 2 is 2.00 bits per heavy atom. The molecular weight excluding hydrogens is 463 g/mol. The van der Waals surface area contributed by atoms with Crippen molar-refractivity contribution in [1.29, 1.82) is 0 Å². The van der Waals surface area contributed by atoms with Crippen LogP contribution in [0.4, 0.5) is 24.7 Å². The fourth-order valence-corrected chi connectivity index (χ4v) is 4.45. The topological polar surface area (TPSA) is 98.1 Å². The van der Waals surface area contributed by atoms with Crippen LogP contribution in [0.1, 0.15) is 34.8 Å². The molecule has 2 aliphatic rings. The Balaban J connectivity index is 1.27. The minimum atomic E-state index is -4.46. The van der Waals surface area contributed by atoms with Gasteiger partial charge in [-0.25, -0.2) is 9.97 Å². The molecule has 0 unspecified atom stereocenters. The number of alkyl halides is 3. The number of carbonyl (C=O) groups excluding carboxylic acids is 1. The van der Waals surface area contributed by atoms with Gasteiger partial charge >= 0.3 is 6.18 Å². The summed E-state index contributed by atoms with van der Waals surface area (Å²) in [5, 5.41) is 7.27. The number of halogens is 3. The first-order valence-electron chi connectivity index (χ1n) is 11.2. The second-order valence-electron chi connectivity index (χ2n) is 8.87. The van der Waals surface area contributed by atoms with Crippen LogP contribution in [-0.2, 0) is 35.1 Å². The van der Waals surface area contributed by atoms with Gasteiger partial charge in [0.2, 0.25) is 0 Å². The van der Waals surface area contributed by atoms with Crippen LogP contribution in [0.5, 0.6) is 0 Å². The molecule has 1 N–H and O–H groups in total. The summed E-state index contributed by atoms with van der Waals surface area (Å²) < 4.78 is 45.2. The highest BCUT2D eigenvalue weighted by molar-refractivity contribution is 6.06. The fourth-order valence-electron chi connectivity index (χ4n) is 4.45. The second kappa shape index (κ2) is 8.59. The van der Waals surface area contributed by atoms with Gasteiger partial charge in [0.1, 0.15) is 22.7 Å². The van der Waals surface area contributed by atoms with Gasteiger partial charge in [-0.3, -0.25) is 14.5 Å². The van der Waals surface area contributed by atoms with Crippen molar-refractivity contribution in [3.8, 4) is 0 Å². The maximum Gasteiger partial charge on any atom is 0.433 e. The normalized spacial score (nSPS) is 19.8. The lowest BCUT2D eigenvalue weighted by molar-refractivity contribution is -0.141. The number of aryl methyl sites for hydroxylation is 3. The molecule has 3 aromatic rings. The zero-order valence-electron chi connectivity index (χ0n) is 19.3. The van der Waals surface area contributed by atoms with E-state index in [0.29, 0.717) is 67.6 Å². The highest BCUT2D eigenvalue weighted by atomic mass is 19.4. The number of likely N-dealkylation sites (N-methyl/N-ethyl adjacent to an activating group) is 1. The van der Waals surface area contributed by atoms with Crippen molar-refractivity contribution in [2.45, 2.75) is 44.4 Å². The third-order valence-corrected chi connectivity index (χ3v) is 6.52. The van der Waals surface area contributed by atoms with E-state index in [1.54, 1.807) is 10.9 Å². The second-order valence-corrected chi connectivity index (χ2v) is 8.87. The molecule has 1 spiro atoms. The Morgan fingerprint density at radius 3 is 2.69 bits per heavy atom. The molecule has 184 valence electrons. The van der Waals surface area contributed by atoms with Crippen LogP contribution in [0.15, 0.2) is 30.7 Å². The summed E-state index contributed by atoms with van der Waals surface area (Å²) >= 11 is 0. The van der Waals surface area contributed by atoms with Crippen LogP contribution >= 0.6 is 0 Å².